The smallest absolute Gasteiger partial charge is 0.164 e. The Morgan fingerprint density at radius 1 is 1.33 bits per heavy atom. The van der Waals surface area contributed by atoms with Crippen molar-refractivity contribution in [2.75, 3.05) is 20.8 Å². The lowest BCUT2D eigenvalue weighted by Gasteiger charge is -2.12. The van der Waals surface area contributed by atoms with Gasteiger partial charge in [-0.3, -0.25) is 0 Å². The molecule has 0 aliphatic heterocycles. The number of hydrogen-bond donors (Lipinski definition) is 1. The average molecular weight is 208 g/mol. The van der Waals surface area contributed by atoms with Gasteiger partial charge in [-0.2, -0.15) is 0 Å². The summed E-state index contributed by atoms with van der Waals surface area (Å²) in [5.74, 6) is 2.39. The highest BCUT2D eigenvalue weighted by atomic mass is 16.5. The van der Waals surface area contributed by atoms with Crippen LogP contribution in [-0.2, 0) is 0 Å². The second-order valence-electron chi connectivity index (χ2n) is 3.87. The van der Waals surface area contributed by atoms with Gasteiger partial charge in [0.25, 0.3) is 0 Å². The largest absolute Gasteiger partial charge is 0.493 e. The van der Waals surface area contributed by atoms with E-state index in [0.717, 1.165) is 23.5 Å². The van der Waals surface area contributed by atoms with Crippen molar-refractivity contribution in [3.8, 4) is 11.5 Å². The minimum absolute atomic E-state index is 0.255. The Labute approximate surface area is 89.6 Å². The van der Waals surface area contributed by atoms with Crippen LogP contribution in [0.25, 0.3) is 0 Å². The number of benzene rings is 1. The van der Waals surface area contributed by atoms with Crippen LogP contribution in [0.2, 0.25) is 0 Å². The maximum atomic E-state index is 9.06. The number of rotatable bonds is 4. The van der Waals surface area contributed by atoms with E-state index in [1.54, 1.807) is 14.2 Å². The Kier molecular flexibility index (Phi) is 2.82. The van der Waals surface area contributed by atoms with Gasteiger partial charge in [0.1, 0.15) is 0 Å². The summed E-state index contributed by atoms with van der Waals surface area (Å²) in [6.45, 7) is 0.255. The molecular weight excluding hydrogens is 192 g/mol. The number of ether oxygens (including phenoxy) is 2. The molecule has 0 aromatic heterocycles. The molecule has 0 saturated heterocycles. The third-order valence-electron chi connectivity index (χ3n) is 2.99. The van der Waals surface area contributed by atoms with Gasteiger partial charge in [0.15, 0.2) is 11.5 Å². The molecule has 82 valence electrons. The van der Waals surface area contributed by atoms with Gasteiger partial charge in [-0.25, -0.2) is 0 Å². The molecule has 1 aliphatic rings. The van der Waals surface area contributed by atoms with Gasteiger partial charge < -0.3 is 14.6 Å². The minimum atomic E-state index is 0.255. The Morgan fingerprint density at radius 3 is 2.67 bits per heavy atom. The van der Waals surface area contributed by atoms with E-state index in [2.05, 4.69) is 0 Å². The second-order valence-corrected chi connectivity index (χ2v) is 3.87. The molecule has 3 nitrogen and oxygen atoms in total. The van der Waals surface area contributed by atoms with Gasteiger partial charge in [0, 0.05) is 12.2 Å². The van der Waals surface area contributed by atoms with Crippen LogP contribution < -0.4 is 9.47 Å². The lowest BCUT2D eigenvalue weighted by Crippen LogP contribution is -1.96. The topological polar surface area (TPSA) is 38.7 Å². The van der Waals surface area contributed by atoms with Crippen LogP contribution in [0.3, 0.4) is 0 Å². The number of aliphatic hydroxyl groups is 1. The van der Waals surface area contributed by atoms with Crippen molar-refractivity contribution in [2.45, 2.75) is 12.3 Å². The first-order valence-corrected chi connectivity index (χ1v) is 5.13. The van der Waals surface area contributed by atoms with Crippen molar-refractivity contribution >= 4 is 0 Å². The number of para-hydroxylation sites is 1. The molecule has 3 heteroatoms. The summed E-state index contributed by atoms with van der Waals surface area (Å²) in [4.78, 5) is 0. The van der Waals surface area contributed by atoms with Crippen LogP contribution in [0.5, 0.6) is 11.5 Å². The number of aliphatic hydroxyl groups excluding tert-OH is 1. The number of hydrogen-bond acceptors (Lipinski definition) is 3. The SMILES string of the molecule is COc1cccc([C@H]2C[C@@H]2CO)c1OC. The first-order valence-electron chi connectivity index (χ1n) is 5.13. The molecule has 1 N–H and O–H groups in total. The molecule has 0 spiro atoms. The van der Waals surface area contributed by atoms with Gasteiger partial charge in [-0.05, 0) is 24.3 Å². The fraction of sp³-hybridized carbons (Fsp3) is 0.500. The van der Waals surface area contributed by atoms with Crippen molar-refractivity contribution in [3.05, 3.63) is 23.8 Å². The second kappa shape index (κ2) is 4.11. The first-order chi connectivity index (χ1) is 7.31. The molecule has 1 aromatic carbocycles. The van der Waals surface area contributed by atoms with Crippen LogP contribution in [0.1, 0.15) is 17.9 Å². The molecule has 1 aromatic rings. The van der Waals surface area contributed by atoms with Gasteiger partial charge in [0.2, 0.25) is 0 Å². The van der Waals surface area contributed by atoms with E-state index in [-0.39, 0.29) is 6.61 Å². The van der Waals surface area contributed by atoms with E-state index >= 15 is 0 Å². The Morgan fingerprint density at radius 2 is 2.13 bits per heavy atom. The minimum Gasteiger partial charge on any atom is -0.493 e. The Bertz CT molecular complexity index is 349. The molecule has 0 heterocycles. The molecule has 15 heavy (non-hydrogen) atoms. The maximum Gasteiger partial charge on any atom is 0.164 e. The highest BCUT2D eigenvalue weighted by Gasteiger charge is 2.39. The van der Waals surface area contributed by atoms with Crippen molar-refractivity contribution < 1.29 is 14.6 Å². The first kappa shape index (κ1) is 10.3. The van der Waals surface area contributed by atoms with E-state index in [1.807, 2.05) is 18.2 Å². The zero-order valence-electron chi connectivity index (χ0n) is 9.06. The quantitative estimate of drug-likeness (QED) is 0.820. The summed E-state index contributed by atoms with van der Waals surface area (Å²) >= 11 is 0. The van der Waals surface area contributed by atoms with Crippen molar-refractivity contribution in [2.24, 2.45) is 5.92 Å². The van der Waals surface area contributed by atoms with Gasteiger partial charge >= 0.3 is 0 Å². The summed E-state index contributed by atoms with van der Waals surface area (Å²) in [5, 5.41) is 9.06. The molecule has 1 aliphatic carbocycles. The Hall–Kier alpha value is -1.22. The summed E-state index contributed by atoms with van der Waals surface area (Å²) in [6.07, 6.45) is 1.04. The molecular formula is C12H16O3. The fourth-order valence-corrected chi connectivity index (χ4v) is 2.03. The normalized spacial score (nSPS) is 23.7. The van der Waals surface area contributed by atoms with E-state index in [1.165, 1.54) is 0 Å². The van der Waals surface area contributed by atoms with Crippen molar-refractivity contribution in [3.63, 3.8) is 0 Å². The monoisotopic (exact) mass is 208 g/mol. The molecule has 0 unspecified atom stereocenters. The molecule has 1 saturated carbocycles. The summed E-state index contributed by atoms with van der Waals surface area (Å²) < 4.78 is 10.6. The molecule has 2 atom stereocenters. The summed E-state index contributed by atoms with van der Waals surface area (Å²) in [5.41, 5.74) is 1.15. The van der Waals surface area contributed by atoms with Gasteiger partial charge in [0.05, 0.1) is 14.2 Å². The molecule has 2 rings (SSSR count). The summed E-state index contributed by atoms with van der Waals surface area (Å²) in [7, 11) is 3.29. The Balaban J connectivity index is 2.31. The zero-order valence-corrected chi connectivity index (χ0v) is 9.06. The maximum absolute atomic E-state index is 9.06. The van der Waals surface area contributed by atoms with Crippen molar-refractivity contribution in [1.29, 1.82) is 0 Å². The third kappa shape index (κ3) is 1.79. The third-order valence-corrected chi connectivity index (χ3v) is 2.99. The molecule has 1 fully saturated rings. The van der Waals surface area contributed by atoms with Crippen LogP contribution in [0, 0.1) is 5.92 Å². The predicted molar refractivity (Wildman–Crippen MR) is 57.5 cm³/mol. The fourth-order valence-electron chi connectivity index (χ4n) is 2.03. The van der Waals surface area contributed by atoms with Crippen LogP contribution in [-0.4, -0.2) is 25.9 Å². The lowest BCUT2D eigenvalue weighted by atomic mass is 10.1. The van der Waals surface area contributed by atoms with E-state index in [9.17, 15) is 0 Å². The molecule has 0 amide bonds. The van der Waals surface area contributed by atoms with Gasteiger partial charge in [-0.1, -0.05) is 12.1 Å². The molecule has 0 radical (unpaired) electrons. The van der Waals surface area contributed by atoms with E-state index < -0.39 is 0 Å². The van der Waals surface area contributed by atoms with Crippen LogP contribution in [0.15, 0.2) is 18.2 Å². The zero-order chi connectivity index (χ0) is 10.8. The molecule has 0 bridgehead atoms. The van der Waals surface area contributed by atoms with Gasteiger partial charge in [-0.15, -0.1) is 0 Å². The summed E-state index contributed by atoms with van der Waals surface area (Å²) in [6, 6.07) is 5.89. The predicted octanol–water partition coefficient (Wildman–Crippen LogP) is 1.80. The highest BCUT2D eigenvalue weighted by Crippen LogP contribution is 2.51. The number of methoxy groups -OCH3 is 2. The standard InChI is InChI=1S/C12H16O3/c1-14-11-5-3-4-9(12(11)15-2)10-6-8(10)7-13/h3-5,8,10,13H,6-7H2,1-2H3/t8-,10+/m1/s1. The van der Waals surface area contributed by atoms with E-state index in [4.69, 9.17) is 14.6 Å². The van der Waals surface area contributed by atoms with Crippen LogP contribution >= 0.6 is 0 Å². The average Bonchev–Trinajstić information content (AvgIpc) is 3.07. The van der Waals surface area contributed by atoms with E-state index in [0.29, 0.717) is 11.8 Å². The van der Waals surface area contributed by atoms with Crippen molar-refractivity contribution in [1.82, 2.24) is 0 Å². The van der Waals surface area contributed by atoms with Crippen LogP contribution in [0.4, 0.5) is 0 Å². The lowest BCUT2D eigenvalue weighted by molar-refractivity contribution is 0.273. The highest BCUT2D eigenvalue weighted by molar-refractivity contribution is 5.50.